The van der Waals surface area contributed by atoms with Crippen molar-refractivity contribution in [2.75, 3.05) is 10.7 Å². The first-order valence-corrected chi connectivity index (χ1v) is 6.58. The van der Waals surface area contributed by atoms with Gasteiger partial charge in [-0.15, -0.1) is 0 Å². The van der Waals surface area contributed by atoms with Crippen LogP contribution in [0.3, 0.4) is 0 Å². The number of aromatic nitrogens is 1. The summed E-state index contributed by atoms with van der Waals surface area (Å²) in [6.45, 7) is 2.46. The third kappa shape index (κ3) is 3.26. The number of pyridine rings is 1. The van der Waals surface area contributed by atoms with Gasteiger partial charge in [-0.25, -0.2) is 0 Å². The molecular formula is C14H17N5O2. The zero-order valence-corrected chi connectivity index (χ0v) is 11.7. The molecule has 0 aliphatic rings. The van der Waals surface area contributed by atoms with Crippen LogP contribution < -0.4 is 16.6 Å². The fraction of sp³-hybridized carbons (Fsp3) is 0.214. The number of nitrogens with two attached hydrogens (primary N) is 1. The summed E-state index contributed by atoms with van der Waals surface area (Å²) in [5.74, 6) is 5.32. The molecule has 2 aromatic rings. The first kappa shape index (κ1) is 14.7. The summed E-state index contributed by atoms with van der Waals surface area (Å²) in [7, 11) is 0. The molecule has 1 aromatic carbocycles. The van der Waals surface area contributed by atoms with E-state index < -0.39 is 4.92 Å². The number of rotatable bonds is 6. The highest BCUT2D eigenvalue weighted by Gasteiger charge is 2.19. The predicted molar refractivity (Wildman–Crippen MR) is 81.8 cm³/mol. The summed E-state index contributed by atoms with van der Waals surface area (Å²) in [4.78, 5) is 15.0. The normalized spacial score (nSPS) is 10.2. The van der Waals surface area contributed by atoms with Crippen molar-refractivity contribution in [3.63, 3.8) is 0 Å². The molecule has 0 aliphatic carbocycles. The van der Waals surface area contributed by atoms with Crippen LogP contribution in [0.25, 0.3) is 0 Å². The topological polar surface area (TPSA) is 106 Å². The molecule has 0 spiro atoms. The van der Waals surface area contributed by atoms with Gasteiger partial charge in [-0.2, -0.15) is 0 Å². The molecule has 0 saturated heterocycles. The fourth-order valence-corrected chi connectivity index (χ4v) is 2.13. The number of nitrogen functional groups attached to an aromatic ring is 1. The second kappa shape index (κ2) is 6.67. The van der Waals surface area contributed by atoms with Gasteiger partial charge in [0, 0.05) is 6.20 Å². The molecule has 0 aliphatic heterocycles. The molecule has 0 bridgehead atoms. The van der Waals surface area contributed by atoms with Crippen LogP contribution in [0.1, 0.15) is 18.2 Å². The van der Waals surface area contributed by atoms with Crippen molar-refractivity contribution < 1.29 is 4.92 Å². The Bertz CT molecular complexity index is 645. The first-order valence-electron chi connectivity index (χ1n) is 6.58. The lowest BCUT2D eigenvalue weighted by Crippen LogP contribution is -2.11. The number of nitrogens with zero attached hydrogens (tertiary/aromatic N) is 2. The van der Waals surface area contributed by atoms with Gasteiger partial charge >= 0.3 is 5.69 Å². The average Bonchev–Trinajstić information content (AvgIpc) is 2.52. The number of nitro benzene ring substituents is 1. The van der Waals surface area contributed by atoms with Crippen molar-refractivity contribution in [3.05, 3.63) is 57.9 Å². The largest absolute Gasteiger partial charge is 0.374 e. The highest BCUT2D eigenvalue weighted by Crippen LogP contribution is 2.32. The Morgan fingerprint density at radius 3 is 2.71 bits per heavy atom. The van der Waals surface area contributed by atoms with Crippen molar-refractivity contribution in [1.82, 2.24) is 4.98 Å². The van der Waals surface area contributed by atoms with Gasteiger partial charge in [0.2, 0.25) is 0 Å². The smallest absolute Gasteiger partial charge is 0.316 e. The van der Waals surface area contributed by atoms with E-state index in [1.165, 1.54) is 0 Å². The van der Waals surface area contributed by atoms with Crippen LogP contribution in [0.5, 0.6) is 0 Å². The maximum absolute atomic E-state index is 11.2. The molecule has 0 unspecified atom stereocenters. The molecule has 0 fully saturated rings. The van der Waals surface area contributed by atoms with Crippen LogP contribution in [-0.4, -0.2) is 9.91 Å². The number of aryl methyl sites for hydroxylation is 1. The van der Waals surface area contributed by atoms with E-state index in [1.54, 1.807) is 24.4 Å². The lowest BCUT2D eigenvalue weighted by molar-refractivity contribution is -0.383. The van der Waals surface area contributed by atoms with Gasteiger partial charge in [-0.05, 0) is 30.2 Å². The molecule has 0 radical (unpaired) electrons. The lowest BCUT2D eigenvalue weighted by atomic mass is 10.1. The summed E-state index contributed by atoms with van der Waals surface area (Å²) in [6.07, 6.45) is 2.57. The van der Waals surface area contributed by atoms with E-state index in [4.69, 9.17) is 5.84 Å². The molecule has 21 heavy (non-hydrogen) atoms. The lowest BCUT2D eigenvalue weighted by Gasteiger charge is -2.11. The molecular weight excluding hydrogens is 270 g/mol. The van der Waals surface area contributed by atoms with Crippen molar-refractivity contribution in [2.45, 2.75) is 19.9 Å². The third-order valence-corrected chi connectivity index (χ3v) is 3.19. The number of hydrazine groups is 1. The molecule has 0 saturated carbocycles. The zero-order valence-electron chi connectivity index (χ0n) is 11.7. The number of para-hydroxylation sites is 1. The fourth-order valence-electron chi connectivity index (χ4n) is 2.13. The average molecular weight is 287 g/mol. The van der Waals surface area contributed by atoms with Crippen LogP contribution >= 0.6 is 0 Å². The minimum absolute atomic E-state index is 0.0750. The van der Waals surface area contributed by atoms with Gasteiger partial charge in [0.25, 0.3) is 0 Å². The second-order valence-electron chi connectivity index (χ2n) is 4.42. The van der Waals surface area contributed by atoms with E-state index in [1.807, 2.05) is 19.1 Å². The Labute approximate surface area is 122 Å². The minimum Gasteiger partial charge on any atom is -0.374 e. The molecule has 110 valence electrons. The van der Waals surface area contributed by atoms with E-state index in [2.05, 4.69) is 15.7 Å². The molecule has 0 atom stereocenters. The molecule has 4 N–H and O–H groups in total. The summed E-state index contributed by atoms with van der Waals surface area (Å²) in [5.41, 5.74) is 4.92. The van der Waals surface area contributed by atoms with E-state index in [0.29, 0.717) is 12.2 Å². The number of nitrogens with one attached hydrogen (secondary N) is 2. The molecule has 1 heterocycles. The van der Waals surface area contributed by atoms with E-state index in [0.717, 1.165) is 17.7 Å². The monoisotopic (exact) mass is 287 g/mol. The van der Waals surface area contributed by atoms with Crippen molar-refractivity contribution in [1.29, 1.82) is 0 Å². The van der Waals surface area contributed by atoms with Crippen molar-refractivity contribution >= 4 is 17.1 Å². The van der Waals surface area contributed by atoms with E-state index in [-0.39, 0.29) is 11.4 Å². The highest BCUT2D eigenvalue weighted by atomic mass is 16.6. The number of hydrogen-bond acceptors (Lipinski definition) is 6. The van der Waals surface area contributed by atoms with Gasteiger partial charge in [0.1, 0.15) is 11.4 Å². The Kier molecular flexibility index (Phi) is 4.68. The van der Waals surface area contributed by atoms with Crippen LogP contribution in [0.15, 0.2) is 36.5 Å². The molecule has 7 heteroatoms. The molecule has 1 aromatic heterocycles. The maximum atomic E-state index is 11.2. The van der Waals surface area contributed by atoms with Gasteiger partial charge in [0.15, 0.2) is 0 Å². The predicted octanol–water partition coefficient (Wildman–Crippen LogP) is 2.45. The number of benzene rings is 1. The Hall–Kier alpha value is -2.67. The second-order valence-corrected chi connectivity index (χ2v) is 4.42. The van der Waals surface area contributed by atoms with Crippen LogP contribution in [-0.2, 0) is 13.0 Å². The minimum atomic E-state index is -0.462. The van der Waals surface area contributed by atoms with Crippen molar-refractivity contribution in [2.24, 2.45) is 5.84 Å². The van der Waals surface area contributed by atoms with Crippen LogP contribution in [0.4, 0.5) is 17.1 Å². The van der Waals surface area contributed by atoms with E-state index in [9.17, 15) is 10.1 Å². The number of hydrogen-bond donors (Lipinski definition) is 3. The van der Waals surface area contributed by atoms with Crippen LogP contribution in [0.2, 0.25) is 0 Å². The van der Waals surface area contributed by atoms with Crippen molar-refractivity contribution in [3.8, 4) is 0 Å². The van der Waals surface area contributed by atoms with Gasteiger partial charge < -0.3 is 10.7 Å². The SMILES string of the molecule is CCc1cccnc1CNc1cccc(NN)c1[N+](=O)[O-]. The standard InChI is InChI=1S/C14H17N5O2/c1-2-10-5-4-8-16-13(10)9-17-11-6-3-7-12(18-15)14(11)19(20)21/h3-8,17-18H,2,9,15H2,1H3. The maximum Gasteiger partial charge on any atom is 0.316 e. The first-order chi connectivity index (χ1) is 10.2. The molecule has 7 nitrogen and oxygen atoms in total. The van der Waals surface area contributed by atoms with E-state index >= 15 is 0 Å². The molecule has 2 rings (SSSR count). The zero-order chi connectivity index (χ0) is 15.2. The Morgan fingerprint density at radius 2 is 2.05 bits per heavy atom. The number of anilines is 2. The molecule has 0 amide bonds. The summed E-state index contributed by atoms with van der Waals surface area (Å²) >= 11 is 0. The van der Waals surface area contributed by atoms with Crippen LogP contribution in [0, 0.1) is 10.1 Å². The number of nitro groups is 1. The summed E-state index contributed by atoms with van der Waals surface area (Å²) < 4.78 is 0. The van der Waals surface area contributed by atoms with Gasteiger partial charge in [-0.1, -0.05) is 19.1 Å². The van der Waals surface area contributed by atoms with Gasteiger partial charge in [0.05, 0.1) is 17.2 Å². The highest BCUT2D eigenvalue weighted by molar-refractivity contribution is 5.75. The quantitative estimate of drug-likeness (QED) is 0.428. The third-order valence-electron chi connectivity index (χ3n) is 3.19. The Balaban J connectivity index is 2.26. The van der Waals surface area contributed by atoms with Gasteiger partial charge in [-0.3, -0.25) is 20.9 Å². The summed E-state index contributed by atoms with van der Waals surface area (Å²) in [5, 5.41) is 14.3. The summed E-state index contributed by atoms with van der Waals surface area (Å²) in [6, 6.07) is 8.78. The Morgan fingerprint density at radius 1 is 1.29 bits per heavy atom.